The molecule has 2 N–H and O–H groups in total. The van der Waals surface area contributed by atoms with Gasteiger partial charge in [0.05, 0.1) is 25.7 Å². The zero-order valence-electron chi connectivity index (χ0n) is 15.9. The minimum atomic E-state index is -3.10. The molecule has 0 aromatic heterocycles. The highest BCUT2D eigenvalue weighted by Crippen LogP contribution is 2.22. The van der Waals surface area contributed by atoms with Crippen molar-refractivity contribution in [3.63, 3.8) is 0 Å². The van der Waals surface area contributed by atoms with Gasteiger partial charge in [-0.1, -0.05) is 13.8 Å². The first-order valence-electron chi connectivity index (χ1n) is 8.70. The van der Waals surface area contributed by atoms with Crippen LogP contribution in [-0.4, -0.2) is 58.0 Å². The number of sulfone groups is 1. The van der Waals surface area contributed by atoms with Crippen LogP contribution in [0, 0.1) is 5.92 Å². The highest BCUT2D eigenvalue weighted by molar-refractivity contribution is 7.91. The minimum Gasteiger partial charge on any atom is -0.497 e. The molecule has 1 aliphatic rings. The summed E-state index contributed by atoms with van der Waals surface area (Å²) < 4.78 is 33.4. The molecule has 0 radical (unpaired) electrons. The van der Waals surface area contributed by atoms with Gasteiger partial charge in [0.1, 0.15) is 17.5 Å². The van der Waals surface area contributed by atoms with Gasteiger partial charge < -0.3 is 20.1 Å². The molecule has 1 fully saturated rings. The van der Waals surface area contributed by atoms with Crippen molar-refractivity contribution in [2.45, 2.75) is 32.4 Å². The Morgan fingerprint density at radius 2 is 1.70 bits per heavy atom. The minimum absolute atomic E-state index is 0.0649. The molecular weight excluding hydrogens is 372 g/mol. The molecule has 0 saturated carbocycles. The number of carbonyl (C=O) groups excluding carboxylic acids is 2. The van der Waals surface area contributed by atoms with Crippen LogP contribution in [0.4, 0.5) is 0 Å². The Hall–Kier alpha value is -2.29. The Morgan fingerprint density at radius 1 is 1.11 bits per heavy atom. The standard InChI is InChI=1S/C18H26N2O6S/c1-11(2)16(18(22)19-13-5-6-27(23,24)10-13)20-17(21)12-7-14(25-3)9-15(8-12)26-4/h7-9,11,13,16H,5-6,10H2,1-4H3,(H,19,22)(H,20,21). The van der Waals surface area contributed by atoms with Gasteiger partial charge in [0.15, 0.2) is 9.84 Å². The maximum Gasteiger partial charge on any atom is 0.252 e. The molecule has 27 heavy (non-hydrogen) atoms. The molecule has 0 bridgehead atoms. The second kappa shape index (κ2) is 8.60. The van der Waals surface area contributed by atoms with E-state index in [-0.39, 0.29) is 17.4 Å². The van der Waals surface area contributed by atoms with Gasteiger partial charge >= 0.3 is 0 Å². The number of benzene rings is 1. The summed E-state index contributed by atoms with van der Waals surface area (Å²) in [5.74, 6) is -0.0949. The van der Waals surface area contributed by atoms with Crippen LogP contribution in [0.25, 0.3) is 0 Å². The van der Waals surface area contributed by atoms with Gasteiger partial charge in [0, 0.05) is 17.7 Å². The van der Waals surface area contributed by atoms with Crippen molar-refractivity contribution in [2.75, 3.05) is 25.7 Å². The van der Waals surface area contributed by atoms with E-state index in [4.69, 9.17) is 9.47 Å². The number of hydrogen-bond donors (Lipinski definition) is 2. The normalized spacial score (nSPS) is 19.4. The average molecular weight is 398 g/mol. The zero-order chi connectivity index (χ0) is 20.2. The van der Waals surface area contributed by atoms with Gasteiger partial charge in [-0.05, 0) is 24.5 Å². The SMILES string of the molecule is COc1cc(OC)cc(C(=O)NC(C(=O)NC2CCS(=O)(=O)C2)C(C)C)c1. The Morgan fingerprint density at radius 3 is 2.15 bits per heavy atom. The molecule has 1 aromatic carbocycles. The summed E-state index contributed by atoms with van der Waals surface area (Å²) in [5.41, 5.74) is 0.299. The summed E-state index contributed by atoms with van der Waals surface area (Å²) in [6.45, 7) is 3.62. The summed E-state index contributed by atoms with van der Waals surface area (Å²) in [5, 5.41) is 5.45. The largest absolute Gasteiger partial charge is 0.497 e. The van der Waals surface area contributed by atoms with Crippen molar-refractivity contribution in [1.82, 2.24) is 10.6 Å². The van der Waals surface area contributed by atoms with Gasteiger partial charge in [0.2, 0.25) is 5.91 Å². The van der Waals surface area contributed by atoms with Crippen LogP contribution in [0.1, 0.15) is 30.6 Å². The van der Waals surface area contributed by atoms with Crippen molar-refractivity contribution in [3.8, 4) is 11.5 Å². The summed E-state index contributed by atoms with van der Waals surface area (Å²) in [7, 11) is -0.133. The monoisotopic (exact) mass is 398 g/mol. The van der Waals surface area contributed by atoms with Gasteiger partial charge in [-0.15, -0.1) is 0 Å². The van der Waals surface area contributed by atoms with Crippen molar-refractivity contribution in [1.29, 1.82) is 0 Å². The first kappa shape index (κ1) is 21.0. The number of ether oxygens (including phenoxy) is 2. The van der Waals surface area contributed by atoms with Crippen LogP contribution in [0.2, 0.25) is 0 Å². The number of methoxy groups -OCH3 is 2. The highest BCUT2D eigenvalue weighted by atomic mass is 32.2. The summed E-state index contributed by atoms with van der Waals surface area (Å²) >= 11 is 0. The highest BCUT2D eigenvalue weighted by Gasteiger charge is 2.32. The lowest BCUT2D eigenvalue weighted by Crippen LogP contribution is -2.52. The molecule has 9 heteroatoms. The van der Waals surface area contributed by atoms with Crippen LogP contribution in [0.15, 0.2) is 18.2 Å². The number of nitrogens with one attached hydrogen (secondary N) is 2. The van der Waals surface area contributed by atoms with E-state index in [1.54, 1.807) is 18.2 Å². The van der Waals surface area contributed by atoms with Gasteiger partial charge in [-0.25, -0.2) is 8.42 Å². The predicted molar refractivity (Wildman–Crippen MR) is 101 cm³/mol. The van der Waals surface area contributed by atoms with Crippen molar-refractivity contribution in [2.24, 2.45) is 5.92 Å². The Kier molecular flexibility index (Phi) is 6.69. The Labute approximate surface area is 159 Å². The van der Waals surface area contributed by atoms with Crippen LogP contribution in [0.5, 0.6) is 11.5 Å². The zero-order valence-corrected chi connectivity index (χ0v) is 16.8. The van der Waals surface area contributed by atoms with Crippen molar-refractivity contribution < 1.29 is 27.5 Å². The Bertz CT molecular complexity index is 784. The van der Waals surface area contributed by atoms with Gasteiger partial charge in [-0.3, -0.25) is 9.59 Å². The van der Waals surface area contributed by atoms with Crippen molar-refractivity contribution >= 4 is 21.7 Å². The number of carbonyl (C=O) groups is 2. The second-order valence-electron chi connectivity index (χ2n) is 6.91. The maximum absolute atomic E-state index is 12.6. The Balaban J connectivity index is 2.11. The summed E-state index contributed by atoms with van der Waals surface area (Å²) in [6.07, 6.45) is 0.389. The third kappa shape index (κ3) is 5.59. The molecule has 1 heterocycles. The van der Waals surface area contributed by atoms with Crippen LogP contribution >= 0.6 is 0 Å². The molecule has 0 aliphatic carbocycles. The third-order valence-corrected chi connectivity index (χ3v) is 6.20. The second-order valence-corrected chi connectivity index (χ2v) is 9.13. The first-order chi connectivity index (χ1) is 12.6. The topological polar surface area (TPSA) is 111 Å². The van der Waals surface area contributed by atoms with Crippen LogP contribution in [0.3, 0.4) is 0 Å². The van der Waals surface area contributed by atoms with E-state index < -0.39 is 33.7 Å². The van der Waals surface area contributed by atoms with E-state index >= 15 is 0 Å². The molecule has 150 valence electrons. The molecule has 2 rings (SSSR count). The summed E-state index contributed by atoms with van der Waals surface area (Å²) in [4.78, 5) is 25.2. The number of rotatable bonds is 7. The molecule has 8 nitrogen and oxygen atoms in total. The van der Waals surface area contributed by atoms with E-state index in [2.05, 4.69) is 10.6 Å². The molecule has 2 atom stereocenters. The van der Waals surface area contributed by atoms with Crippen molar-refractivity contribution in [3.05, 3.63) is 23.8 Å². The first-order valence-corrected chi connectivity index (χ1v) is 10.5. The maximum atomic E-state index is 12.6. The van der Waals surface area contributed by atoms with E-state index in [0.29, 0.717) is 23.5 Å². The molecule has 1 saturated heterocycles. The molecule has 1 aliphatic heterocycles. The fourth-order valence-corrected chi connectivity index (χ4v) is 4.57. The fourth-order valence-electron chi connectivity index (χ4n) is 2.90. The molecule has 1 aromatic rings. The van der Waals surface area contributed by atoms with E-state index in [1.807, 2.05) is 13.8 Å². The third-order valence-electron chi connectivity index (χ3n) is 4.43. The lowest BCUT2D eigenvalue weighted by Gasteiger charge is -2.23. The molecular formula is C18H26N2O6S. The molecule has 0 spiro atoms. The van der Waals surface area contributed by atoms with Crippen LogP contribution < -0.4 is 20.1 Å². The number of amides is 2. The smallest absolute Gasteiger partial charge is 0.252 e. The molecule has 2 unspecified atom stereocenters. The summed E-state index contributed by atoms with van der Waals surface area (Å²) in [6, 6.07) is 3.53. The van der Waals surface area contributed by atoms with E-state index in [0.717, 1.165) is 0 Å². The van der Waals surface area contributed by atoms with Gasteiger partial charge in [-0.2, -0.15) is 0 Å². The lowest BCUT2D eigenvalue weighted by atomic mass is 10.0. The quantitative estimate of drug-likeness (QED) is 0.702. The average Bonchev–Trinajstić information content (AvgIpc) is 2.96. The number of hydrogen-bond acceptors (Lipinski definition) is 6. The van der Waals surface area contributed by atoms with Crippen LogP contribution in [-0.2, 0) is 14.6 Å². The van der Waals surface area contributed by atoms with E-state index in [1.165, 1.54) is 14.2 Å². The van der Waals surface area contributed by atoms with E-state index in [9.17, 15) is 18.0 Å². The molecule has 2 amide bonds. The predicted octanol–water partition coefficient (Wildman–Crippen LogP) is 0.762. The lowest BCUT2D eigenvalue weighted by molar-refractivity contribution is -0.124. The van der Waals surface area contributed by atoms with Gasteiger partial charge in [0.25, 0.3) is 5.91 Å². The fraction of sp³-hybridized carbons (Fsp3) is 0.556.